The number of aromatic nitrogens is 2. The highest BCUT2D eigenvalue weighted by atomic mass is 16.7. The van der Waals surface area contributed by atoms with E-state index in [1.54, 1.807) is 62.0 Å². The number of pyridine rings is 2. The van der Waals surface area contributed by atoms with Gasteiger partial charge in [0.05, 0.1) is 68.3 Å². The van der Waals surface area contributed by atoms with E-state index in [0.717, 1.165) is 48.0 Å². The van der Waals surface area contributed by atoms with Crippen LogP contribution in [0.15, 0.2) is 96.0 Å². The molecule has 2 aromatic heterocycles. The van der Waals surface area contributed by atoms with E-state index in [0.29, 0.717) is 81.9 Å². The molecule has 83 heavy (non-hydrogen) atoms. The molecule has 1 aliphatic carbocycles. The Bertz CT molecular complexity index is 3670. The molecule has 430 valence electrons. The molecule has 5 atom stereocenters. The average molecular weight is 1130 g/mol. The lowest BCUT2D eigenvalue weighted by Crippen LogP contribution is -2.48. The van der Waals surface area contributed by atoms with Crippen LogP contribution < -0.4 is 38.7 Å². The zero-order valence-electron chi connectivity index (χ0n) is 46.5. The number of allylic oxidation sites excluding steroid dienone is 1. The van der Waals surface area contributed by atoms with Crippen LogP contribution in [0.2, 0.25) is 0 Å². The van der Waals surface area contributed by atoms with E-state index in [1.807, 2.05) is 30.3 Å². The molecule has 1 amide bonds. The van der Waals surface area contributed by atoms with E-state index in [1.165, 1.54) is 43.5 Å². The number of fused-ring (bicyclic) bond motifs is 8. The van der Waals surface area contributed by atoms with E-state index in [9.17, 15) is 24.0 Å². The Morgan fingerprint density at radius 3 is 2.23 bits per heavy atom. The van der Waals surface area contributed by atoms with E-state index in [2.05, 4.69) is 11.5 Å². The Hall–Kier alpha value is -8.78. The van der Waals surface area contributed by atoms with Gasteiger partial charge in [0, 0.05) is 59.0 Å². The van der Waals surface area contributed by atoms with Gasteiger partial charge in [0.15, 0.2) is 29.6 Å². The highest BCUT2D eigenvalue weighted by Crippen LogP contribution is 2.59. The Morgan fingerprint density at radius 2 is 1.52 bits per heavy atom. The fraction of sp³-hybridized carbons (Fsp3) is 0.397. The van der Waals surface area contributed by atoms with Gasteiger partial charge >= 0.3 is 24.0 Å². The van der Waals surface area contributed by atoms with E-state index in [4.69, 9.17) is 57.1 Å². The molecule has 3 fully saturated rings. The fourth-order valence-corrected chi connectivity index (χ4v) is 13.4. The molecule has 0 spiro atoms. The number of rotatable bonds is 13. The minimum Gasteiger partial charge on any atom is -0.498 e. The summed E-state index contributed by atoms with van der Waals surface area (Å²) < 4.78 is 66.3. The lowest BCUT2D eigenvalue weighted by atomic mass is 9.65. The third-order valence-corrected chi connectivity index (χ3v) is 17.6. The summed E-state index contributed by atoms with van der Waals surface area (Å²) in [6.07, 6.45) is 4.38. The van der Waals surface area contributed by atoms with Crippen LogP contribution in [0.1, 0.15) is 101 Å². The highest BCUT2D eigenvalue weighted by molar-refractivity contribution is 5.91. The number of nitrogens with zero attached hydrogens (tertiary/aromatic N) is 4. The number of esters is 3. The number of cyclic esters (lactones) is 1. The molecule has 4 aromatic carbocycles. The maximum atomic E-state index is 14.3. The Balaban J connectivity index is 0.691. The maximum absolute atomic E-state index is 14.3. The Kier molecular flexibility index (Phi) is 13.9. The van der Waals surface area contributed by atoms with Crippen LogP contribution in [0, 0.1) is 11.8 Å². The average Bonchev–Trinajstić information content (AvgIpc) is 2.16. The van der Waals surface area contributed by atoms with Gasteiger partial charge in [-0.2, -0.15) is 0 Å². The summed E-state index contributed by atoms with van der Waals surface area (Å²) >= 11 is 0. The second-order valence-electron chi connectivity index (χ2n) is 22.0. The van der Waals surface area contributed by atoms with Crippen molar-refractivity contribution >= 4 is 34.9 Å². The topological polar surface area (TPSA) is 211 Å². The van der Waals surface area contributed by atoms with E-state index in [-0.39, 0.29) is 79.3 Å². The number of benzene rings is 4. The first-order valence-electron chi connectivity index (χ1n) is 28.2. The van der Waals surface area contributed by atoms with Gasteiger partial charge in [-0.3, -0.25) is 4.79 Å². The van der Waals surface area contributed by atoms with Crippen LogP contribution >= 0.6 is 0 Å². The van der Waals surface area contributed by atoms with Gasteiger partial charge in [0.1, 0.15) is 24.2 Å². The molecule has 7 aliphatic rings. The van der Waals surface area contributed by atoms with Gasteiger partial charge in [0.25, 0.3) is 5.56 Å². The fourth-order valence-electron chi connectivity index (χ4n) is 13.4. The molecule has 0 saturated carbocycles. The van der Waals surface area contributed by atoms with E-state index < -0.39 is 41.8 Å². The molecule has 20 nitrogen and oxygen atoms in total. The standard InChI is InChI=1S/C63H62N4O16/c1-6-63(46-28-48-56-38(29-67(48)59(69)44(46)30-78-61(63)71)22-36-23-41(14-15-47(36)64-56)81-62(72)66-20-16-39(17-21-66)65-18-8-7-9-19-65)83-53(68)32-77-40-12-10-35(11-13-40)60(70)82-57-43-27-50-49(79-33-80-50)26-42(43)55(54-34(2)76-31-45(54)57)37-24-51(73-3)58(75-5)52(25-37)74-4/h10-15,22-28,39,45,54-55,57H,2,6-9,16-21,29-33H2,1,3-5H3/t45-,54+,55+,57?,63?/m1/s1. The summed E-state index contributed by atoms with van der Waals surface area (Å²) in [7, 11) is 4.65. The van der Waals surface area contributed by atoms with Crippen LogP contribution in [0.3, 0.4) is 0 Å². The molecule has 13 rings (SSSR count). The van der Waals surface area contributed by atoms with Crippen molar-refractivity contribution in [2.24, 2.45) is 11.8 Å². The second kappa shape index (κ2) is 21.5. The van der Waals surface area contributed by atoms with Gasteiger partial charge in [-0.15, -0.1) is 0 Å². The third kappa shape index (κ3) is 9.36. The molecule has 20 heteroatoms. The second-order valence-corrected chi connectivity index (χ2v) is 22.0. The molecule has 6 aliphatic heterocycles. The number of hydrogen-bond donors (Lipinski definition) is 0. The molecular formula is C63H62N4O16. The molecule has 6 aromatic rings. The SMILES string of the molecule is C=C1OC[C@H]2C(OC(=O)c3ccc(OCC(=O)OC4(CC)C(=O)OCc5c4cc4n(c5=O)Cc5cc6cc(OC(=O)N7CCC(N8CCCCC8)CC7)ccc6nc5-4)cc3)c3cc4c(cc3[C@H](c3cc(OC)c(OC)c(OC)c3)[C@@H]12)OCO4. The van der Waals surface area contributed by atoms with Gasteiger partial charge in [0.2, 0.25) is 18.1 Å². The number of methoxy groups -OCH3 is 3. The van der Waals surface area contributed by atoms with Crippen molar-refractivity contribution in [1.29, 1.82) is 0 Å². The molecule has 0 N–H and O–H groups in total. The zero-order valence-corrected chi connectivity index (χ0v) is 46.5. The van der Waals surface area contributed by atoms with Gasteiger partial charge in [-0.1, -0.05) is 19.9 Å². The minimum atomic E-state index is -1.97. The van der Waals surface area contributed by atoms with Gasteiger partial charge in [-0.05, 0) is 135 Å². The molecule has 8 heterocycles. The number of amides is 1. The normalized spacial score (nSPS) is 22.2. The summed E-state index contributed by atoms with van der Waals surface area (Å²) in [6, 6.07) is 23.0. The van der Waals surface area contributed by atoms with Crippen molar-refractivity contribution in [3.05, 3.63) is 140 Å². The number of piperidine rings is 2. The number of ether oxygens (including phenoxy) is 11. The molecular weight excluding hydrogens is 1070 g/mol. The molecule has 3 saturated heterocycles. The van der Waals surface area contributed by atoms with Crippen LogP contribution in [0.5, 0.6) is 40.2 Å². The van der Waals surface area contributed by atoms with E-state index >= 15 is 0 Å². The van der Waals surface area contributed by atoms with Crippen molar-refractivity contribution in [2.75, 3.05) is 67.5 Å². The van der Waals surface area contributed by atoms with Gasteiger partial charge in [-0.25, -0.2) is 24.2 Å². The van der Waals surface area contributed by atoms with Crippen LogP contribution in [0.25, 0.3) is 22.3 Å². The van der Waals surface area contributed by atoms with Crippen LogP contribution in [0.4, 0.5) is 4.79 Å². The van der Waals surface area contributed by atoms with Gasteiger partial charge < -0.3 is 66.5 Å². The zero-order chi connectivity index (χ0) is 57.3. The monoisotopic (exact) mass is 1130 g/mol. The summed E-state index contributed by atoms with van der Waals surface area (Å²) in [5, 5.41) is 0.724. The summed E-state index contributed by atoms with van der Waals surface area (Å²) in [5.41, 5.74) is 2.92. The summed E-state index contributed by atoms with van der Waals surface area (Å²) in [6.45, 7) is 9.03. The third-order valence-electron chi connectivity index (χ3n) is 17.6. The molecule has 2 unspecified atom stereocenters. The summed E-state index contributed by atoms with van der Waals surface area (Å²) in [4.78, 5) is 78.8. The quantitative estimate of drug-likeness (QED) is 0.0780. The Labute approximate surface area is 477 Å². The predicted molar refractivity (Wildman–Crippen MR) is 297 cm³/mol. The number of hydrogen-bond acceptors (Lipinski definition) is 18. The van der Waals surface area contributed by atoms with Crippen molar-refractivity contribution in [3.8, 4) is 51.6 Å². The molecule has 0 bridgehead atoms. The Morgan fingerprint density at radius 1 is 0.795 bits per heavy atom. The first kappa shape index (κ1) is 53.5. The molecule has 0 radical (unpaired) electrons. The number of carbonyl (C=O) groups excluding carboxylic acids is 4. The van der Waals surface area contributed by atoms with Crippen LogP contribution in [-0.4, -0.2) is 117 Å². The minimum absolute atomic E-state index is 0.0325. The number of carbonyl (C=O) groups is 4. The first-order valence-corrected chi connectivity index (χ1v) is 28.2. The highest BCUT2D eigenvalue weighted by Gasteiger charge is 2.53. The van der Waals surface area contributed by atoms with Crippen molar-refractivity contribution in [1.82, 2.24) is 19.4 Å². The van der Waals surface area contributed by atoms with Crippen molar-refractivity contribution in [3.63, 3.8) is 0 Å². The number of likely N-dealkylation sites (tertiary alicyclic amines) is 2. The predicted octanol–water partition coefficient (Wildman–Crippen LogP) is 8.73. The largest absolute Gasteiger partial charge is 0.498 e. The lowest BCUT2D eigenvalue weighted by molar-refractivity contribution is -0.190. The van der Waals surface area contributed by atoms with Crippen molar-refractivity contribution in [2.45, 2.75) is 82.3 Å². The van der Waals surface area contributed by atoms with Crippen molar-refractivity contribution < 1.29 is 71.3 Å². The maximum Gasteiger partial charge on any atom is 0.415 e. The summed E-state index contributed by atoms with van der Waals surface area (Å²) in [5.74, 6) is 0.191. The first-order chi connectivity index (χ1) is 40.4. The smallest absolute Gasteiger partial charge is 0.415 e. The lowest BCUT2D eigenvalue weighted by Gasteiger charge is -2.39. The van der Waals surface area contributed by atoms with Crippen LogP contribution in [-0.2, 0) is 47.3 Å².